The number of carbonyl (C=O) groups excluding carboxylic acids is 1. The van der Waals surface area contributed by atoms with Crippen molar-refractivity contribution in [3.8, 4) is 0 Å². The number of aryl methyl sites for hydroxylation is 1. The first-order valence-electron chi connectivity index (χ1n) is 6.08. The number of hydrogen-bond acceptors (Lipinski definition) is 6. The Bertz CT molecular complexity index is 859. The maximum atomic E-state index is 12.9. The van der Waals surface area contributed by atoms with E-state index in [4.69, 9.17) is 5.73 Å². The summed E-state index contributed by atoms with van der Waals surface area (Å²) >= 11 is 1.22. The quantitative estimate of drug-likeness (QED) is 0.769. The van der Waals surface area contributed by atoms with Gasteiger partial charge in [0.2, 0.25) is 0 Å². The molecular formula is C12H10F2N6OS. The lowest BCUT2D eigenvalue weighted by Gasteiger charge is -2.03. The van der Waals surface area contributed by atoms with E-state index in [2.05, 4.69) is 20.4 Å². The maximum absolute atomic E-state index is 12.9. The van der Waals surface area contributed by atoms with E-state index in [1.165, 1.54) is 35.5 Å². The van der Waals surface area contributed by atoms with E-state index in [0.717, 1.165) is 0 Å². The van der Waals surface area contributed by atoms with Gasteiger partial charge in [0, 0.05) is 18.6 Å². The zero-order chi connectivity index (χ0) is 15.9. The summed E-state index contributed by atoms with van der Waals surface area (Å²) in [5.41, 5.74) is 5.59. The standard InChI is InChI=1S/C12H10F2N6OS/c1-20-3-6(9(19-20)10(13)14)17-11(21)5-4-22-12-8(5)18-7(15)2-16-12/h2-4,10H,1H3,(H2,15,18)(H,17,21). The molecule has 0 spiro atoms. The molecule has 0 fully saturated rings. The molecule has 114 valence electrons. The molecule has 22 heavy (non-hydrogen) atoms. The van der Waals surface area contributed by atoms with E-state index >= 15 is 0 Å². The van der Waals surface area contributed by atoms with Gasteiger partial charge in [-0.3, -0.25) is 9.48 Å². The number of halogens is 2. The van der Waals surface area contributed by atoms with Gasteiger partial charge < -0.3 is 11.1 Å². The Labute approximate surface area is 126 Å². The predicted molar refractivity (Wildman–Crippen MR) is 77.9 cm³/mol. The number of hydrogen-bond donors (Lipinski definition) is 2. The minimum Gasteiger partial charge on any atom is -0.382 e. The molecule has 0 atom stereocenters. The molecule has 1 amide bonds. The fourth-order valence-corrected chi connectivity index (χ4v) is 2.77. The third-order valence-corrected chi connectivity index (χ3v) is 3.73. The van der Waals surface area contributed by atoms with Crippen molar-refractivity contribution in [3.63, 3.8) is 0 Å². The molecule has 0 aromatic carbocycles. The Morgan fingerprint density at radius 2 is 2.27 bits per heavy atom. The Hall–Kier alpha value is -2.62. The normalized spacial score (nSPS) is 11.3. The number of fused-ring (bicyclic) bond motifs is 1. The summed E-state index contributed by atoms with van der Waals surface area (Å²) in [6, 6.07) is 0. The van der Waals surface area contributed by atoms with E-state index < -0.39 is 18.0 Å². The molecule has 7 nitrogen and oxygen atoms in total. The summed E-state index contributed by atoms with van der Waals surface area (Å²) in [6.07, 6.45) is -0.0870. The Morgan fingerprint density at radius 3 is 3.00 bits per heavy atom. The van der Waals surface area contributed by atoms with Crippen LogP contribution in [0, 0.1) is 0 Å². The second kappa shape index (κ2) is 5.30. The number of nitrogens with two attached hydrogens (primary N) is 1. The van der Waals surface area contributed by atoms with Crippen LogP contribution in [-0.4, -0.2) is 25.7 Å². The van der Waals surface area contributed by atoms with Crippen LogP contribution in [0.5, 0.6) is 0 Å². The lowest BCUT2D eigenvalue weighted by atomic mass is 10.2. The van der Waals surface area contributed by atoms with E-state index in [1.807, 2.05) is 0 Å². The second-order valence-corrected chi connectivity index (χ2v) is 5.31. The average Bonchev–Trinajstić information content (AvgIpc) is 3.01. The van der Waals surface area contributed by atoms with Crippen molar-refractivity contribution in [1.29, 1.82) is 0 Å². The van der Waals surface area contributed by atoms with Crippen molar-refractivity contribution in [2.45, 2.75) is 6.43 Å². The third-order valence-electron chi connectivity index (χ3n) is 2.86. The smallest absolute Gasteiger partial charge is 0.284 e. The highest BCUT2D eigenvalue weighted by atomic mass is 32.1. The van der Waals surface area contributed by atoms with Gasteiger partial charge in [-0.2, -0.15) is 5.10 Å². The van der Waals surface area contributed by atoms with Gasteiger partial charge in [0.15, 0.2) is 5.69 Å². The number of nitrogens with zero attached hydrogens (tertiary/aromatic N) is 4. The molecule has 0 saturated heterocycles. The van der Waals surface area contributed by atoms with E-state index in [1.54, 1.807) is 5.38 Å². The van der Waals surface area contributed by atoms with Crippen molar-refractivity contribution >= 4 is 39.1 Å². The van der Waals surface area contributed by atoms with E-state index in [9.17, 15) is 13.6 Å². The third kappa shape index (κ3) is 2.48. The second-order valence-electron chi connectivity index (χ2n) is 4.45. The zero-order valence-corrected chi connectivity index (χ0v) is 12.1. The SMILES string of the molecule is Cn1cc(NC(=O)c2csc3ncc(N)nc23)c(C(F)F)n1. The molecule has 3 aromatic heterocycles. The minimum atomic E-state index is -2.79. The van der Waals surface area contributed by atoms with Crippen LogP contribution in [0.1, 0.15) is 22.5 Å². The summed E-state index contributed by atoms with van der Waals surface area (Å²) in [5, 5.41) is 7.60. The Balaban J connectivity index is 1.95. The molecule has 0 saturated carbocycles. The lowest BCUT2D eigenvalue weighted by molar-refractivity contribution is 0.102. The molecular weight excluding hydrogens is 314 g/mol. The van der Waals surface area contributed by atoms with Crippen molar-refractivity contribution in [3.05, 3.63) is 29.0 Å². The van der Waals surface area contributed by atoms with Gasteiger partial charge in [-0.15, -0.1) is 11.3 Å². The summed E-state index contributed by atoms with van der Waals surface area (Å²) in [4.78, 5) is 20.9. The topological polar surface area (TPSA) is 98.7 Å². The highest BCUT2D eigenvalue weighted by molar-refractivity contribution is 7.17. The molecule has 3 rings (SSSR count). The maximum Gasteiger partial charge on any atom is 0.284 e. The summed E-state index contributed by atoms with van der Waals surface area (Å²) in [6.45, 7) is 0. The van der Waals surface area contributed by atoms with Gasteiger partial charge in [-0.25, -0.2) is 18.7 Å². The number of nitrogens with one attached hydrogen (secondary N) is 1. The molecule has 3 N–H and O–H groups in total. The van der Waals surface area contributed by atoms with Gasteiger partial charge >= 0.3 is 0 Å². The van der Waals surface area contributed by atoms with Gasteiger partial charge in [0.1, 0.15) is 16.2 Å². The van der Waals surface area contributed by atoms with Crippen LogP contribution in [0.4, 0.5) is 20.3 Å². The molecule has 10 heteroatoms. The number of anilines is 2. The summed E-state index contributed by atoms with van der Waals surface area (Å²) in [5.74, 6) is -0.393. The largest absolute Gasteiger partial charge is 0.382 e. The van der Waals surface area contributed by atoms with Gasteiger partial charge in [0.25, 0.3) is 12.3 Å². The number of carbonyl (C=O) groups is 1. The fraction of sp³-hybridized carbons (Fsp3) is 0.167. The number of alkyl halides is 2. The Kier molecular flexibility index (Phi) is 3.45. The fourth-order valence-electron chi connectivity index (χ4n) is 1.94. The van der Waals surface area contributed by atoms with Crippen molar-refractivity contribution in [2.75, 3.05) is 11.1 Å². The Morgan fingerprint density at radius 1 is 1.50 bits per heavy atom. The number of thiophene rings is 1. The van der Waals surface area contributed by atoms with Gasteiger partial charge in [-0.05, 0) is 0 Å². The monoisotopic (exact) mass is 324 g/mol. The van der Waals surface area contributed by atoms with Crippen molar-refractivity contribution in [2.24, 2.45) is 7.05 Å². The van der Waals surface area contributed by atoms with E-state index in [-0.39, 0.29) is 17.1 Å². The highest BCUT2D eigenvalue weighted by Crippen LogP contribution is 2.27. The lowest BCUT2D eigenvalue weighted by Crippen LogP contribution is -2.12. The molecule has 0 unspecified atom stereocenters. The molecule has 0 radical (unpaired) electrons. The van der Waals surface area contributed by atoms with Crippen LogP contribution in [-0.2, 0) is 7.05 Å². The first kappa shape index (κ1) is 14.3. The van der Waals surface area contributed by atoms with Crippen LogP contribution in [0.25, 0.3) is 10.3 Å². The zero-order valence-electron chi connectivity index (χ0n) is 11.2. The van der Waals surface area contributed by atoms with Crippen LogP contribution >= 0.6 is 11.3 Å². The molecule has 3 heterocycles. The van der Waals surface area contributed by atoms with Crippen LogP contribution < -0.4 is 11.1 Å². The van der Waals surface area contributed by atoms with E-state index in [0.29, 0.717) is 10.3 Å². The molecule has 0 aliphatic heterocycles. The first-order valence-corrected chi connectivity index (χ1v) is 6.96. The summed E-state index contributed by atoms with van der Waals surface area (Å²) in [7, 11) is 1.49. The van der Waals surface area contributed by atoms with Gasteiger partial charge in [-0.1, -0.05) is 0 Å². The van der Waals surface area contributed by atoms with Crippen LogP contribution in [0.3, 0.4) is 0 Å². The van der Waals surface area contributed by atoms with Crippen LogP contribution in [0.15, 0.2) is 17.8 Å². The number of aromatic nitrogens is 4. The summed E-state index contributed by atoms with van der Waals surface area (Å²) < 4.78 is 27.0. The molecule has 0 bridgehead atoms. The molecule has 0 aliphatic rings. The minimum absolute atomic E-state index is 0.0429. The van der Waals surface area contributed by atoms with Gasteiger partial charge in [0.05, 0.1) is 17.4 Å². The first-order chi connectivity index (χ1) is 10.5. The van der Waals surface area contributed by atoms with Crippen molar-refractivity contribution in [1.82, 2.24) is 19.7 Å². The highest BCUT2D eigenvalue weighted by Gasteiger charge is 2.21. The van der Waals surface area contributed by atoms with Crippen LogP contribution in [0.2, 0.25) is 0 Å². The van der Waals surface area contributed by atoms with Crippen molar-refractivity contribution < 1.29 is 13.6 Å². The number of rotatable bonds is 3. The molecule has 0 aliphatic carbocycles. The predicted octanol–water partition coefficient (Wildman–Crippen LogP) is 2.20. The number of amides is 1. The number of nitrogen functional groups attached to an aromatic ring is 1. The molecule has 3 aromatic rings. The average molecular weight is 324 g/mol.